The lowest BCUT2D eigenvalue weighted by molar-refractivity contribution is -0.0436. The molecule has 2 heterocycles. The van der Waals surface area contributed by atoms with Gasteiger partial charge in [-0.2, -0.15) is 13.2 Å². The molecule has 9 nitrogen and oxygen atoms in total. The molecule has 0 fully saturated rings. The van der Waals surface area contributed by atoms with Gasteiger partial charge >= 0.3 is 17.2 Å². The second-order valence-electron chi connectivity index (χ2n) is 7.43. The van der Waals surface area contributed by atoms with Gasteiger partial charge in [-0.1, -0.05) is 18.2 Å². The smallest absolute Gasteiger partial charge is 0.493 e. The summed E-state index contributed by atoms with van der Waals surface area (Å²) < 4.78 is 68.4. The van der Waals surface area contributed by atoms with Crippen LogP contribution in [0.15, 0.2) is 88.8 Å². The van der Waals surface area contributed by atoms with Crippen LogP contribution in [-0.2, 0) is 16.4 Å². The van der Waals surface area contributed by atoms with Gasteiger partial charge in [0.15, 0.2) is 0 Å². The van der Waals surface area contributed by atoms with E-state index in [0.717, 1.165) is 27.5 Å². The first kappa shape index (κ1) is 24.7. The number of rotatable bonds is 6. The zero-order chi connectivity index (χ0) is 26.1. The van der Waals surface area contributed by atoms with Crippen molar-refractivity contribution < 1.29 is 36.2 Å². The lowest BCUT2D eigenvalue weighted by Crippen LogP contribution is -2.24. The molecule has 2 aromatic heterocycles. The minimum absolute atomic E-state index is 0.0190. The van der Waals surface area contributed by atoms with E-state index in [1.807, 2.05) is 0 Å². The fraction of sp³-hybridized carbons (Fsp3) is 0.0870. The molecular formula is C23H16F3N3O6S. The maximum absolute atomic E-state index is 12.9. The van der Waals surface area contributed by atoms with Crippen LogP contribution in [0.1, 0.15) is 16.1 Å². The molecule has 0 bridgehead atoms. The summed E-state index contributed by atoms with van der Waals surface area (Å²) in [6.07, 6.45) is 2.43. The molecule has 0 unspecified atom stereocenters. The highest BCUT2D eigenvalue weighted by atomic mass is 32.2. The number of sulfone groups is 1. The van der Waals surface area contributed by atoms with Crippen molar-refractivity contribution in [3.05, 3.63) is 101 Å². The van der Waals surface area contributed by atoms with Gasteiger partial charge in [0.2, 0.25) is 5.88 Å². The Balaban J connectivity index is 1.57. The molecule has 0 aliphatic heterocycles. The van der Waals surface area contributed by atoms with E-state index in [1.165, 1.54) is 18.3 Å². The summed E-state index contributed by atoms with van der Waals surface area (Å²) >= 11 is 0. The molecule has 1 N–H and O–H groups in total. The lowest BCUT2D eigenvalue weighted by Gasteiger charge is -2.09. The zero-order valence-electron chi connectivity index (χ0n) is 18.1. The SMILES string of the molecule is O=C(Oc1ccccc1)c1cc(Cn2cc(O)n(-c3ccc(S(=O)(=O)C(F)(F)F)cc3)c2=O)ccn1. The van der Waals surface area contributed by atoms with Crippen LogP contribution < -0.4 is 10.4 Å². The van der Waals surface area contributed by atoms with E-state index in [9.17, 15) is 36.3 Å². The maximum Gasteiger partial charge on any atom is 0.501 e. The largest absolute Gasteiger partial charge is 0.501 e. The number of imidazole rings is 1. The van der Waals surface area contributed by atoms with Crippen molar-refractivity contribution in [1.29, 1.82) is 0 Å². The number of ether oxygens (including phenoxy) is 1. The second-order valence-corrected chi connectivity index (χ2v) is 9.37. The first-order chi connectivity index (χ1) is 17.0. The minimum Gasteiger partial charge on any atom is -0.493 e. The minimum atomic E-state index is -5.56. The molecule has 0 amide bonds. The van der Waals surface area contributed by atoms with Gasteiger partial charge in [0.1, 0.15) is 11.4 Å². The number of carbonyl (C=O) groups excluding carboxylic acids is 1. The molecule has 186 valence electrons. The summed E-state index contributed by atoms with van der Waals surface area (Å²) in [5.41, 5.74) is -5.85. The summed E-state index contributed by atoms with van der Waals surface area (Å²) in [5, 5.41) is 10.3. The molecule has 2 aromatic carbocycles. The number of alkyl halides is 3. The van der Waals surface area contributed by atoms with E-state index in [-0.39, 0.29) is 17.9 Å². The van der Waals surface area contributed by atoms with Gasteiger partial charge in [-0.25, -0.2) is 27.6 Å². The first-order valence-corrected chi connectivity index (χ1v) is 11.6. The highest BCUT2D eigenvalue weighted by Gasteiger charge is 2.46. The first-order valence-electron chi connectivity index (χ1n) is 10.1. The topological polar surface area (TPSA) is 120 Å². The summed E-state index contributed by atoms with van der Waals surface area (Å²) in [6, 6.07) is 14.6. The van der Waals surface area contributed by atoms with Gasteiger partial charge in [0, 0.05) is 6.20 Å². The number of para-hydroxylation sites is 1. The van der Waals surface area contributed by atoms with Crippen molar-refractivity contribution in [2.24, 2.45) is 0 Å². The third-order valence-corrected chi connectivity index (χ3v) is 6.49. The van der Waals surface area contributed by atoms with E-state index in [4.69, 9.17) is 4.74 Å². The van der Waals surface area contributed by atoms with Crippen molar-refractivity contribution in [2.45, 2.75) is 16.9 Å². The fourth-order valence-corrected chi connectivity index (χ4v) is 4.03. The fourth-order valence-electron chi connectivity index (χ4n) is 3.27. The normalized spacial score (nSPS) is 11.9. The number of nitrogens with zero attached hydrogens (tertiary/aromatic N) is 3. The van der Waals surface area contributed by atoms with Gasteiger partial charge < -0.3 is 9.84 Å². The Morgan fingerprint density at radius 2 is 1.69 bits per heavy atom. The molecule has 0 aliphatic carbocycles. The van der Waals surface area contributed by atoms with Gasteiger partial charge in [-0.15, -0.1) is 0 Å². The summed E-state index contributed by atoms with van der Waals surface area (Å²) in [6.45, 7) is -0.0892. The van der Waals surface area contributed by atoms with Crippen molar-refractivity contribution in [3.8, 4) is 17.3 Å². The highest BCUT2D eigenvalue weighted by Crippen LogP contribution is 2.30. The van der Waals surface area contributed by atoms with Crippen molar-refractivity contribution >= 4 is 15.8 Å². The van der Waals surface area contributed by atoms with Gasteiger partial charge in [0.05, 0.1) is 23.3 Å². The second kappa shape index (κ2) is 9.34. The standard InChI is InChI=1S/C23H16F3N3O6S/c24-23(25,26)36(33,34)18-8-6-16(7-9-18)29-20(30)14-28(22(29)32)13-15-10-11-27-19(12-15)21(31)35-17-4-2-1-3-5-17/h1-12,14,30H,13H2. The van der Waals surface area contributed by atoms with E-state index in [1.54, 1.807) is 30.3 Å². The average Bonchev–Trinajstić information content (AvgIpc) is 3.11. The zero-order valence-corrected chi connectivity index (χ0v) is 18.9. The molecule has 13 heteroatoms. The van der Waals surface area contributed by atoms with Crippen LogP contribution in [-0.4, -0.2) is 39.1 Å². The van der Waals surface area contributed by atoms with Gasteiger partial charge in [-0.3, -0.25) is 4.57 Å². The van der Waals surface area contributed by atoms with Crippen LogP contribution in [0.25, 0.3) is 5.69 Å². The maximum atomic E-state index is 12.9. The number of esters is 1. The summed E-state index contributed by atoms with van der Waals surface area (Å²) in [5.74, 6) is -0.934. The number of aromatic hydroxyl groups is 1. The molecule has 0 saturated heterocycles. The molecule has 36 heavy (non-hydrogen) atoms. The predicted molar refractivity (Wildman–Crippen MR) is 120 cm³/mol. The third-order valence-electron chi connectivity index (χ3n) is 4.99. The Bertz CT molecular complexity index is 1580. The van der Waals surface area contributed by atoms with Crippen LogP contribution in [0.5, 0.6) is 11.6 Å². The third kappa shape index (κ3) is 4.86. The molecule has 0 aliphatic rings. The molecule has 4 aromatic rings. The number of carbonyl (C=O) groups is 1. The number of aromatic nitrogens is 3. The Labute approximate surface area is 201 Å². The van der Waals surface area contributed by atoms with Crippen LogP contribution in [0.2, 0.25) is 0 Å². The van der Waals surface area contributed by atoms with Gasteiger partial charge in [-0.05, 0) is 54.1 Å². The van der Waals surface area contributed by atoms with E-state index in [2.05, 4.69) is 4.98 Å². The number of hydrogen-bond acceptors (Lipinski definition) is 7. The molecular weight excluding hydrogens is 503 g/mol. The Morgan fingerprint density at radius 1 is 1.03 bits per heavy atom. The molecule has 0 radical (unpaired) electrons. The van der Waals surface area contributed by atoms with Crippen molar-refractivity contribution in [2.75, 3.05) is 0 Å². The van der Waals surface area contributed by atoms with Crippen LogP contribution >= 0.6 is 0 Å². The Hall–Kier alpha value is -4.39. The van der Waals surface area contributed by atoms with Crippen LogP contribution in [0, 0.1) is 0 Å². The summed E-state index contributed by atoms with van der Waals surface area (Å²) in [4.78, 5) is 28.2. The van der Waals surface area contributed by atoms with Crippen molar-refractivity contribution in [3.63, 3.8) is 0 Å². The van der Waals surface area contributed by atoms with E-state index < -0.39 is 37.8 Å². The van der Waals surface area contributed by atoms with E-state index >= 15 is 0 Å². The predicted octanol–water partition coefficient (Wildman–Crippen LogP) is 3.30. The average molecular weight is 519 g/mol. The number of benzene rings is 2. The molecule has 0 saturated carbocycles. The van der Waals surface area contributed by atoms with E-state index in [0.29, 0.717) is 23.4 Å². The van der Waals surface area contributed by atoms with Gasteiger partial charge in [0.25, 0.3) is 9.84 Å². The summed E-state index contributed by atoms with van der Waals surface area (Å²) in [7, 11) is -5.56. The Kier molecular flexibility index (Phi) is 6.41. The Morgan fingerprint density at radius 3 is 2.33 bits per heavy atom. The lowest BCUT2D eigenvalue weighted by atomic mass is 10.2. The molecule has 4 rings (SSSR count). The quantitative estimate of drug-likeness (QED) is 0.307. The molecule has 0 atom stereocenters. The van der Waals surface area contributed by atoms with Crippen LogP contribution in [0.4, 0.5) is 13.2 Å². The number of pyridine rings is 1. The van der Waals surface area contributed by atoms with Crippen molar-refractivity contribution in [1.82, 2.24) is 14.1 Å². The highest BCUT2D eigenvalue weighted by molar-refractivity contribution is 7.92. The molecule has 0 spiro atoms. The monoisotopic (exact) mass is 519 g/mol. The number of hydrogen-bond donors (Lipinski definition) is 1. The van der Waals surface area contributed by atoms with Crippen LogP contribution in [0.3, 0.4) is 0 Å². The number of halogens is 3.